The molecule has 1 atom stereocenters. The molecule has 0 saturated carbocycles. The number of rotatable bonds is 9. The Labute approximate surface area is 194 Å². The number of nitrogens with one attached hydrogen (secondary N) is 1. The molecular weight excluding hydrogens is 414 g/mol. The number of para-hydroxylation sites is 1. The predicted molar refractivity (Wildman–Crippen MR) is 130 cm³/mol. The van der Waals surface area contributed by atoms with Crippen molar-refractivity contribution < 1.29 is 14.3 Å². The minimum Gasteiger partial charge on any atom is -0.497 e. The lowest BCUT2D eigenvalue weighted by atomic mass is 9.87. The Morgan fingerprint density at radius 3 is 2.39 bits per heavy atom. The molecule has 33 heavy (non-hydrogen) atoms. The fourth-order valence-corrected chi connectivity index (χ4v) is 4.21. The summed E-state index contributed by atoms with van der Waals surface area (Å²) in [6, 6.07) is 18.0. The van der Waals surface area contributed by atoms with Crippen LogP contribution in [0.4, 0.5) is 0 Å². The lowest BCUT2D eigenvalue weighted by Gasteiger charge is -2.19. The average molecular weight is 444 g/mol. The number of fused-ring (bicyclic) bond motifs is 1. The third kappa shape index (κ3) is 5.00. The molecule has 6 heteroatoms. The number of nitrogens with zero attached hydrogens (tertiary/aromatic N) is 2. The van der Waals surface area contributed by atoms with Crippen molar-refractivity contribution in [2.75, 3.05) is 14.2 Å². The number of methoxy groups -OCH3 is 2. The van der Waals surface area contributed by atoms with Crippen molar-refractivity contribution in [2.45, 2.75) is 32.4 Å². The van der Waals surface area contributed by atoms with Gasteiger partial charge in [0, 0.05) is 61.0 Å². The standard InChI is InChI=1S/C27H29N3O3/c1-4-30-18-25(23-7-5-6-8-26(23)30)24(20-13-21(32-2)15-22(14-20)33-3)16-27(31)29-17-19-9-11-28-12-10-19/h5-15,18,24H,4,16-17H2,1-3H3,(H,29,31)/t24-/m1/s1. The van der Waals surface area contributed by atoms with Gasteiger partial charge in [0.05, 0.1) is 14.2 Å². The van der Waals surface area contributed by atoms with Crippen molar-refractivity contribution in [3.05, 3.63) is 89.9 Å². The first kappa shape index (κ1) is 22.4. The Hall–Kier alpha value is -3.80. The van der Waals surface area contributed by atoms with Gasteiger partial charge in [0.2, 0.25) is 5.91 Å². The number of amides is 1. The van der Waals surface area contributed by atoms with E-state index in [4.69, 9.17) is 9.47 Å². The van der Waals surface area contributed by atoms with Gasteiger partial charge in [0.15, 0.2) is 0 Å². The highest BCUT2D eigenvalue weighted by Crippen LogP contribution is 2.37. The zero-order valence-electron chi connectivity index (χ0n) is 19.2. The first-order valence-corrected chi connectivity index (χ1v) is 11.1. The number of benzene rings is 2. The molecule has 4 rings (SSSR count). The quantitative estimate of drug-likeness (QED) is 0.399. The number of carbonyl (C=O) groups excluding carboxylic acids is 1. The van der Waals surface area contributed by atoms with Gasteiger partial charge in [-0.05, 0) is 53.9 Å². The van der Waals surface area contributed by atoms with E-state index in [0.717, 1.165) is 34.1 Å². The van der Waals surface area contributed by atoms with Crippen molar-refractivity contribution >= 4 is 16.8 Å². The van der Waals surface area contributed by atoms with Crippen LogP contribution in [0.5, 0.6) is 11.5 Å². The molecule has 170 valence electrons. The molecule has 0 aliphatic rings. The van der Waals surface area contributed by atoms with Crippen LogP contribution in [0.1, 0.15) is 36.0 Å². The fourth-order valence-electron chi connectivity index (χ4n) is 4.21. The van der Waals surface area contributed by atoms with Crippen molar-refractivity contribution in [3.63, 3.8) is 0 Å². The zero-order valence-corrected chi connectivity index (χ0v) is 19.2. The van der Waals surface area contributed by atoms with Gasteiger partial charge in [-0.3, -0.25) is 9.78 Å². The number of carbonyl (C=O) groups is 1. The third-order valence-electron chi connectivity index (χ3n) is 5.94. The number of aryl methyl sites for hydroxylation is 1. The Morgan fingerprint density at radius 1 is 1.03 bits per heavy atom. The van der Waals surface area contributed by atoms with Gasteiger partial charge >= 0.3 is 0 Å². The van der Waals surface area contributed by atoms with Crippen molar-refractivity contribution in [1.82, 2.24) is 14.9 Å². The average Bonchev–Trinajstić information content (AvgIpc) is 3.25. The van der Waals surface area contributed by atoms with Crippen LogP contribution in [0.3, 0.4) is 0 Å². The highest BCUT2D eigenvalue weighted by molar-refractivity contribution is 5.86. The Kier molecular flexibility index (Phi) is 6.93. The molecule has 2 aromatic carbocycles. The molecular formula is C27H29N3O3. The molecule has 1 amide bonds. The largest absolute Gasteiger partial charge is 0.497 e. The normalized spacial score (nSPS) is 11.8. The van der Waals surface area contributed by atoms with Gasteiger partial charge in [-0.15, -0.1) is 0 Å². The topological polar surface area (TPSA) is 65.4 Å². The van der Waals surface area contributed by atoms with Crippen LogP contribution in [0, 0.1) is 0 Å². The van der Waals surface area contributed by atoms with Gasteiger partial charge < -0.3 is 19.4 Å². The Balaban J connectivity index is 1.73. The summed E-state index contributed by atoms with van der Waals surface area (Å²) in [5, 5.41) is 4.21. The molecule has 0 radical (unpaired) electrons. The van der Waals surface area contributed by atoms with Crippen molar-refractivity contribution in [3.8, 4) is 11.5 Å². The molecule has 0 fully saturated rings. The molecule has 6 nitrogen and oxygen atoms in total. The van der Waals surface area contributed by atoms with Crippen LogP contribution in [0.2, 0.25) is 0 Å². The highest BCUT2D eigenvalue weighted by atomic mass is 16.5. The summed E-state index contributed by atoms with van der Waals surface area (Å²) < 4.78 is 13.3. The predicted octanol–water partition coefficient (Wildman–Crippen LogP) is 4.91. The van der Waals surface area contributed by atoms with Gasteiger partial charge in [0.1, 0.15) is 11.5 Å². The second kappa shape index (κ2) is 10.2. The molecule has 2 aromatic heterocycles. The van der Waals surface area contributed by atoms with E-state index in [1.54, 1.807) is 26.6 Å². The second-order valence-corrected chi connectivity index (χ2v) is 7.92. The van der Waals surface area contributed by atoms with Gasteiger partial charge in [-0.1, -0.05) is 18.2 Å². The molecule has 0 saturated heterocycles. The summed E-state index contributed by atoms with van der Waals surface area (Å²) in [4.78, 5) is 17.1. The van der Waals surface area contributed by atoms with Crippen molar-refractivity contribution in [2.24, 2.45) is 0 Å². The van der Waals surface area contributed by atoms with E-state index in [2.05, 4.69) is 40.1 Å². The lowest BCUT2D eigenvalue weighted by molar-refractivity contribution is -0.121. The minimum atomic E-state index is -0.163. The number of hydrogen-bond donors (Lipinski definition) is 1. The van der Waals surface area contributed by atoms with Crippen LogP contribution in [0.25, 0.3) is 10.9 Å². The number of aromatic nitrogens is 2. The fraction of sp³-hybridized carbons (Fsp3) is 0.259. The van der Waals surface area contributed by atoms with E-state index in [1.165, 1.54) is 0 Å². The molecule has 0 spiro atoms. The molecule has 4 aromatic rings. The van der Waals surface area contributed by atoms with Gasteiger partial charge in [0.25, 0.3) is 0 Å². The first-order chi connectivity index (χ1) is 16.1. The number of hydrogen-bond acceptors (Lipinski definition) is 4. The summed E-state index contributed by atoms with van der Waals surface area (Å²) in [5.74, 6) is 1.22. The molecule has 2 heterocycles. The lowest BCUT2D eigenvalue weighted by Crippen LogP contribution is -2.25. The Bertz CT molecular complexity index is 1210. The van der Waals surface area contributed by atoms with Crippen LogP contribution in [-0.4, -0.2) is 29.7 Å². The van der Waals surface area contributed by atoms with E-state index in [1.807, 2.05) is 42.5 Å². The summed E-state index contributed by atoms with van der Waals surface area (Å²) in [7, 11) is 3.27. The van der Waals surface area contributed by atoms with Gasteiger partial charge in [-0.2, -0.15) is 0 Å². The summed E-state index contributed by atoms with van der Waals surface area (Å²) in [6.07, 6.45) is 5.93. The first-order valence-electron chi connectivity index (χ1n) is 11.1. The molecule has 1 N–H and O–H groups in total. The van der Waals surface area contributed by atoms with Crippen LogP contribution < -0.4 is 14.8 Å². The molecule has 0 aliphatic heterocycles. The van der Waals surface area contributed by atoms with E-state index >= 15 is 0 Å². The van der Waals surface area contributed by atoms with Crippen LogP contribution in [-0.2, 0) is 17.9 Å². The van der Waals surface area contributed by atoms with E-state index in [0.29, 0.717) is 24.5 Å². The monoisotopic (exact) mass is 443 g/mol. The molecule has 0 unspecified atom stereocenters. The SMILES string of the molecule is CCn1cc([C@H](CC(=O)NCc2ccncc2)c2cc(OC)cc(OC)c2)c2ccccc21. The van der Waals surface area contributed by atoms with Crippen LogP contribution >= 0.6 is 0 Å². The maximum Gasteiger partial charge on any atom is 0.221 e. The number of ether oxygens (including phenoxy) is 2. The molecule has 0 aliphatic carbocycles. The zero-order chi connectivity index (χ0) is 23.2. The molecule has 0 bridgehead atoms. The third-order valence-corrected chi connectivity index (χ3v) is 5.94. The maximum absolute atomic E-state index is 13.1. The van der Waals surface area contributed by atoms with Crippen LogP contribution in [0.15, 0.2) is 73.2 Å². The maximum atomic E-state index is 13.1. The second-order valence-electron chi connectivity index (χ2n) is 7.92. The van der Waals surface area contributed by atoms with E-state index in [9.17, 15) is 4.79 Å². The number of pyridine rings is 1. The minimum absolute atomic E-state index is 0.0214. The van der Waals surface area contributed by atoms with E-state index < -0.39 is 0 Å². The van der Waals surface area contributed by atoms with Crippen molar-refractivity contribution in [1.29, 1.82) is 0 Å². The smallest absolute Gasteiger partial charge is 0.221 e. The van der Waals surface area contributed by atoms with Gasteiger partial charge in [-0.25, -0.2) is 0 Å². The summed E-state index contributed by atoms with van der Waals surface area (Å²) >= 11 is 0. The Morgan fingerprint density at radius 2 is 1.73 bits per heavy atom. The van der Waals surface area contributed by atoms with E-state index in [-0.39, 0.29) is 11.8 Å². The highest BCUT2D eigenvalue weighted by Gasteiger charge is 2.24. The summed E-state index contributed by atoms with van der Waals surface area (Å²) in [5.41, 5.74) is 4.26. The summed E-state index contributed by atoms with van der Waals surface area (Å²) in [6.45, 7) is 3.44.